The molecular weight excluding hydrogens is 759 g/mol. The number of aryl methyl sites for hydroxylation is 4. The van der Waals surface area contributed by atoms with Crippen molar-refractivity contribution in [1.29, 1.82) is 0 Å². The zero-order valence-corrected chi connectivity index (χ0v) is 38.4. The van der Waals surface area contributed by atoms with Crippen molar-refractivity contribution in [1.82, 2.24) is 5.32 Å². The van der Waals surface area contributed by atoms with Gasteiger partial charge in [0, 0.05) is 55.3 Å². The molecule has 4 aromatic carbocycles. The highest BCUT2D eigenvalue weighted by molar-refractivity contribution is 8.59. The number of fused-ring (bicyclic) bond motifs is 2. The number of thiol groups is 2. The number of benzene rings is 4. The minimum absolute atomic E-state index is 0.269. The van der Waals surface area contributed by atoms with Gasteiger partial charge < -0.3 is 20.4 Å². The predicted molar refractivity (Wildman–Crippen MR) is 266 cm³/mol. The van der Waals surface area contributed by atoms with E-state index in [0.717, 1.165) is 80.7 Å². The minimum Gasteiger partial charge on any atom is -0.383 e. The van der Waals surface area contributed by atoms with Gasteiger partial charge in [-0.2, -0.15) is 0 Å². The highest BCUT2D eigenvalue weighted by Crippen LogP contribution is 2.32. The summed E-state index contributed by atoms with van der Waals surface area (Å²) in [5.74, 6) is 0. The maximum absolute atomic E-state index is 5.03. The Morgan fingerprint density at radius 3 is 2.15 bits per heavy atom. The molecule has 2 aliphatic rings. The van der Waals surface area contributed by atoms with Crippen LogP contribution in [0.1, 0.15) is 80.3 Å². The smallest absolute Gasteiger partial charge is 0.0682 e. The molecule has 0 amide bonds. The number of aliphatic imine (C=N–C) groups is 1. The standard InChI is InChI=1S/C52H65N5.H2S2/c1-10-48(53-35-46-33-43-19-13-15-21-50(43)56(46)8)37(2)17-11-12-18-41-29-42(31-45(30-41)55-39(4)27-28-52(5,6)7)26-25-40-24-23-38(3)49(32-40)54-36-47-34-44-20-14-16-22-51(44)57(47)9;1-2/h10-11,13-17,19-24,29-32,36,46-47,53,55H,1,4,12,18,25-28,33-35H2,2-3,5-9H3;1-2H/b17-11-,48-37+,54-36?;/t46?,47-;/m0./s1. The van der Waals surface area contributed by atoms with Gasteiger partial charge >= 0.3 is 0 Å². The molecule has 0 fully saturated rings. The van der Waals surface area contributed by atoms with Crippen molar-refractivity contribution in [3.05, 3.63) is 167 Å². The molecule has 2 aliphatic heterocycles. The number of likely N-dealkylation sites (N-methyl/N-ethyl adjacent to an activating group) is 2. The molecule has 0 radical (unpaired) electrons. The van der Waals surface area contributed by atoms with Gasteiger partial charge in [-0.25, -0.2) is 0 Å². The van der Waals surface area contributed by atoms with Crippen LogP contribution < -0.4 is 20.4 Å². The summed E-state index contributed by atoms with van der Waals surface area (Å²) in [4.78, 5) is 9.77. The van der Waals surface area contributed by atoms with Crippen molar-refractivity contribution in [3.63, 3.8) is 0 Å². The van der Waals surface area contributed by atoms with Crippen molar-refractivity contribution in [2.75, 3.05) is 35.8 Å². The summed E-state index contributed by atoms with van der Waals surface area (Å²) in [6.45, 7) is 20.6. The lowest BCUT2D eigenvalue weighted by atomic mass is 9.90. The first kappa shape index (κ1) is 45.5. The Balaban J connectivity index is 0.00000326. The second-order valence-electron chi connectivity index (χ2n) is 17.5. The Labute approximate surface area is 366 Å². The third kappa shape index (κ3) is 12.9. The molecule has 0 bridgehead atoms. The quantitative estimate of drug-likeness (QED) is 0.0371. The number of hydrogen-bond acceptors (Lipinski definition) is 7. The normalized spacial score (nSPS) is 16.4. The van der Waals surface area contributed by atoms with Crippen LogP contribution in [0.2, 0.25) is 0 Å². The summed E-state index contributed by atoms with van der Waals surface area (Å²) in [5, 5.41) is 7.36. The van der Waals surface area contributed by atoms with Gasteiger partial charge in [0.05, 0.1) is 17.8 Å². The topological polar surface area (TPSA) is 42.9 Å². The van der Waals surface area contributed by atoms with E-state index in [-0.39, 0.29) is 11.5 Å². The number of hydrogen-bond donors (Lipinski definition) is 4. The van der Waals surface area contributed by atoms with Crippen molar-refractivity contribution in [2.45, 2.75) is 98.1 Å². The molecule has 2 heterocycles. The number of anilines is 3. The molecule has 6 rings (SSSR count). The van der Waals surface area contributed by atoms with Crippen molar-refractivity contribution < 1.29 is 0 Å². The summed E-state index contributed by atoms with van der Waals surface area (Å²) in [6.07, 6.45) is 16.6. The summed E-state index contributed by atoms with van der Waals surface area (Å²) in [5.41, 5.74) is 16.5. The summed E-state index contributed by atoms with van der Waals surface area (Å²) >= 11 is 6.44. The van der Waals surface area contributed by atoms with Crippen LogP contribution in [0.15, 0.2) is 138 Å². The number of para-hydroxylation sites is 2. The second-order valence-corrected chi connectivity index (χ2v) is 17.5. The molecule has 0 saturated carbocycles. The van der Waals surface area contributed by atoms with E-state index in [4.69, 9.17) is 4.99 Å². The van der Waals surface area contributed by atoms with Crippen LogP contribution in [0.3, 0.4) is 0 Å². The minimum atomic E-state index is 0.269. The van der Waals surface area contributed by atoms with E-state index in [9.17, 15) is 0 Å². The zero-order chi connectivity index (χ0) is 42.5. The fourth-order valence-electron chi connectivity index (χ4n) is 8.07. The van der Waals surface area contributed by atoms with Crippen molar-refractivity contribution >= 4 is 52.3 Å². The van der Waals surface area contributed by atoms with E-state index in [1.807, 2.05) is 6.08 Å². The molecule has 0 aromatic heterocycles. The van der Waals surface area contributed by atoms with Gasteiger partial charge in [0.2, 0.25) is 0 Å². The van der Waals surface area contributed by atoms with Crippen LogP contribution in [0.25, 0.3) is 0 Å². The molecule has 312 valence electrons. The number of rotatable bonds is 17. The predicted octanol–water partition coefficient (Wildman–Crippen LogP) is 12.7. The van der Waals surface area contributed by atoms with Crippen LogP contribution in [0.5, 0.6) is 0 Å². The maximum atomic E-state index is 5.03. The third-order valence-electron chi connectivity index (χ3n) is 11.7. The van der Waals surface area contributed by atoms with Crippen LogP contribution >= 0.6 is 23.3 Å². The Morgan fingerprint density at radius 1 is 0.847 bits per heavy atom. The van der Waals surface area contributed by atoms with Crippen LogP contribution in [-0.2, 0) is 32.1 Å². The Morgan fingerprint density at radius 2 is 1.49 bits per heavy atom. The average Bonchev–Trinajstić information content (AvgIpc) is 3.73. The molecule has 0 spiro atoms. The number of allylic oxidation sites excluding steroid dienone is 5. The Hall–Kier alpha value is -4.59. The fraction of sp³-hybridized carbons (Fsp3) is 0.365. The fourth-order valence-corrected chi connectivity index (χ4v) is 8.07. The van der Waals surface area contributed by atoms with Gasteiger partial charge in [-0.15, -0.1) is 23.3 Å². The molecule has 5 nitrogen and oxygen atoms in total. The van der Waals surface area contributed by atoms with E-state index >= 15 is 0 Å². The van der Waals surface area contributed by atoms with E-state index < -0.39 is 0 Å². The van der Waals surface area contributed by atoms with Crippen LogP contribution in [0, 0.1) is 12.3 Å². The first-order chi connectivity index (χ1) is 28.4. The largest absolute Gasteiger partial charge is 0.383 e. The molecule has 7 heteroatoms. The molecule has 4 aromatic rings. The molecule has 0 saturated heterocycles. The van der Waals surface area contributed by atoms with Crippen LogP contribution in [-0.4, -0.2) is 38.9 Å². The molecule has 0 aliphatic carbocycles. The zero-order valence-electron chi connectivity index (χ0n) is 36.6. The van der Waals surface area contributed by atoms with E-state index in [2.05, 4.69) is 209 Å². The van der Waals surface area contributed by atoms with Gasteiger partial charge in [-0.3, -0.25) is 4.99 Å². The first-order valence-electron chi connectivity index (χ1n) is 21.1. The van der Waals surface area contributed by atoms with Crippen LogP contribution in [0.4, 0.5) is 22.7 Å². The molecule has 2 N–H and O–H groups in total. The third-order valence-corrected chi connectivity index (χ3v) is 11.7. The lowest BCUT2D eigenvalue weighted by Gasteiger charge is -2.24. The van der Waals surface area contributed by atoms with Gasteiger partial charge in [0.25, 0.3) is 0 Å². The Kier molecular flexibility index (Phi) is 16.7. The van der Waals surface area contributed by atoms with Gasteiger partial charge in [0.15, 0.2) is 0 Å². The lowest BCUT2D eigenvalue weighted by Crippen LogP contribution is -2.37. The highest BCUT2D eigenvalue weighted by atomic mass is 33.1. The van der Waals surface area contributed by atoms with Crippen molar-refractivity contribution in [2.24, 2.45) is 10.4 Å². The van der Waals surface area contributed by atoms with Crippen molar-refractivity contribution in [3.8, 4) is 0 Å². The second kappa shape index (κ2) is 21.6. The SMILES string of the molecule is C=C/C(NCC1Cc2ccccc2N1C)=C(C)\C=C/CCc1cc(CCc2ccc(C)c(N=C[C@@H]3Cc4ccccc4N3C)c2)cc(NC(=C)CCC(C)(C)C)c1.SS. The Bertz CT molecular complexity index is 2140. The average molecular weight is 826 g/mol. The van der Waals surface area contributed by atoms with Gasteiger partial charge in [-0.05, 0) is 146 Å². The van der Waals surface area contributed by atoms with Gasteiger partial charge in [0.1, 0.15) is 0 Å². The molecule has 2 atom stereocenters. The van der Waals surface area contributed by atoms with Gasteiger partial charge in [-0.1, -0.05) is 101 Å². The summed E-state index contributed by atoms with van der Waals surface area (Å²) in [6, 6.07) is 31.9. The number of nitrogens with zero attached hydrogens (tertiary/aromatic N) is 3. The molecule has 1 unspecified atom stereocenters. The first-order valence-corrected chi connectivity index (χ1v) is 22.7. The molecular formula is C52H67N5S2. The number of nitrogens with one attached hydrogen (secondary N) is 2. The van der Waals surface area contributed by atoms with E-state index in [1.54, 1.807) is 0 Å². The monoisotopic (exact) mass is 825 g/mol. The van der Waals surface area contributed by atoms with E-state index in [1.165, 1.54) is 50.3 Å². The molecule has 59 heavy (non-hydrogen) atoms. The highest BCUT2D eigenvalue weighted by Gasteiger charge is 2.26. The summed E-state index contributed by atoms with van der Waals surface area (Å²) in [7, 11) is 4.37. The lowest BCUT2D eigenvalue weighted by molar-refractivity contribution is 0.378. The maximum Gasteiger partial charge on any atom is 0.0682 e. The summed E-state index contributed by atoms with van der Waals surface area (Å²) < 4.78 is 0. The van der Waals surface area contributed by atoms with E-state index in [0.29, 0.717) is 6.04 Å².